The summed E-state index contributed by atoms with van der Waals surface area (Å²) >= 11 is 0. The van der Waals surface area contributed by atoms with Crippen molar-refractivity contribution in [2.45, 2.75) is 62.9 Å². The van der Waals surface area contributed by atoms with Crippen molar-refractivity contribution in [3.05, 3.63) is 65.2 Å². The van der Waals surface area contributed by atoms with Crippen molar-refractivity contribution in [1.29, 1.82) is 0 Å². The molecule has 2 aromatic rings. The summed E-state index contributed by atoms with van der Waals surface area (Å²) in [5.41, 5.74) is 2.07. The number of carbonyl (C=O) groups excluding carboxylic acids is 1. The molecule has 2 N–H and O–H groups in total. The van der Waals surface area contributed by atoms with E-state index in [0.29, 0.717) is 5.56 Å². The van der Waals surface area contributed by atoms with Crippen LogP contribution >= 0.6 is 0 Å². The maximum atomic E-state index is 12.8. The predicted octanol–water partition coefficient (Wildman–Crippen LogP) is 3.93. The van der Waals surface area contributed by atoms with Crippen molar-refractivity contribution >= 4 is 15.9 Å². The maximum Gasteiger partial charge on any atom is 0.251 e. The van der Waals surface area contributed by atoms with E-state index in [1.54, 1.807) is 12.1 Å². The largest absolute Gasteiger partial charge is 0.349 e. The highest BCUT2D eigenvalue weighted by molar-refractivity contribution is 7.89. The fourth-order valence-electron chi connectivity index (χ4n) is 3.56. The molecule has 0 heterocycles. The van der Waals surface area contributed by atoms with E-state index < -0.39 is 10.0 Å². The van der Waals surface area contributed by atoms with Crippen molar-refractivity contribution in [2.75, 3.05) is 0 Å². The molecule has 1 fully saturated rings. The number of hydrogen-bond acceptors (Lipinski definition) is 3. The molecule has 6 heteroatoms. The molecule has 0 atom stereocenters. The van der Waals surface area contributed by atoms with Crippen LogP contribution in [-0.4, -0.2) is 20.4 Å². The highest BCUT2D eigenvalue weighted by Gasteiger charge is 2.20. The van der Waals surface area contributed by atoms with E-state index in [1.807, 2.05) is 37.3 Å². The minimum Gasteiger partial charge on any atom is -0.349 e. The van der Waals surface area contributed by atoms with Crippen molar-refractivity contribution in [1.82, 2.24) is 10.0 Å². The monoisotopic (exact) mass is 400 g/mol. The van der Waals surface area contributed by atoms with Crippen LogP contribution in [0.5, 0.6) is 0 Å². The molecule has 1 aliphatic rings. The second-order valence-electron chi connectivity index (χ2n) is 7.45. The van der Waals surface area contributed by atoms with Crippen LogP contribution in [0.1, 0.15) is 60.0 Å². The zero-order valence-corrected chi connectivity index (χ0v) is 17.1. The van der Waals surface area contributed by atoms with E-state index >= 15 is 0 Å². The number of amides is 1. The lowest BCUT2D eigenvalue weighted by Gasteiger charge is -2.17. The summed E-state index contributed by atoms with van der Waals surface area (Å²) in [6.45, 7) is 2.04. The number of aryl methyl sites for hydroxylation is 1. The third kappa shape index (κ3) is 5.42. The Bertz CT molecular complexity index is 903. The molecule has 1 amide bonds. The standard InChI is InChI=1S/C22H28N2O3S/c1-17-13-14-20(28(26,27)23-16-18-9-5-4-6-10-18)15-21(17)22(25)24-19-11-7-2-3-8-12-19/h4-6,9-10,13-15,19,23H,2-3,7-8,11-12,16H2,1H3,(H,24,25). The molecule has 0 unspecified atom stereocenters. The van der Waals surface area contributed by atoms with Gasteiger partial charge >= 0.3 is 0 Å². The molecule has 1 saturated carbocycles. The molecular weight excluding hydrogens is 372 g/mol. The van der Waals surface area contributed by atoms with Gasteiger partial charge in [-0.3, -0.25) is 4.79 Å². The van der Waals surface area contributed by atoms with E-state index in [-0.39, 0.29) is 23.4 Å². The first-order valence-electron chi connectivity index (χ1n) is 9.91. The number of nitrogens with one attached hydrogen (secondary N) is 2. The molecule has 2 aromatic carbocycles. The van der Waals surface area contributed by atoms with Gasteiger partial charge in [-0.1, -0.05) is 62.1 Å². The first-order chi connectivity index (χ1) is 13.5. The highest BCUT2D eigenvalue weighted by Crippen LogP contribution is 2.20. The minimum atomic E-state index is -3.70. The Morgan fingerprint density at radius 2 is 1.68 bits per heavy atom. The molecule has 0 aromatic heterocycles. The average molecular weight is 401 g/mol. The minimum absolute atomic E-state index is 0.111. The molecule has 0 bridgehead atoms. The van der Waals surface area contributed by atoms with Crippen LogP contribution in [0.3, 0.4) is 0 Å². The van der Waals surface area contributed by atoms with E-state index in [2.05, 4.69) is 10.0 Å². The van der Waals surface area contributed by atoms with Crippen molar-refractivity contribution in [3.63, 3.8) is 0 Å². The molecule has 28 heavy (non-hydrogen) atoms. The maximum absolute atomic E-state index is 12.8. The van der Waals surface area contributed by atoms with Crippen LogP contribution in [0.2, 0.25) is 0 Å². The number of sulfonamides is 1. The summed E-state index contributed by atoms with van der Waals surface area (Å²) in [5, 5.41) is 3.10. The Morgan fingerprint density at radius 3 is 2.36 bits per heavy atom. The average Bonchev–Trinajstić information content (AvgIpc) is 2.96. The van der Waals surface area contributed by atoms with Gasteiger partial charge in [0.15, 0.2) is 0 Å². The lowest BCUT2D eigenvalue weighted by Crippen LogP contribution is -2.35. The van der Waals surface area contributed by atoms with E-state index in [4.69, 9.17) is 0 Å². The summed E-state index contributed by atoms with van der Waals surface area (Å²) in [7, 11) is -3.70. The van der Waals surface area contributed by atoms with Crippen LogP contribution in [0.15, 0.2) is 53.4 Å². The van der Waals surface area contributed by atoms with Gasteiger partial charge in [-0.25, -0.2) is 13.1 Å². The van der Waals surface area contributed by atoms with Crippen molar-refractivity contribution < 1.29 is 13.2 Å². The van der Waals surface area contributed by atoms with Crippen LogP contribution < -0.4 is 10.0 Å². The zero-order chi connectivity index (χ0) is 20.0. The van der Waals surface area contributed by atoms with E-state index in [9.17, 15) is 13.2 Å². The van der Waals surface area contributed by atoms with Gasteiger partial charge in [0.25, 0.3) is 5.91 Å². The summed E-state index contributed by atoms with van der Waals surface area (Å²) in [5.74, 6) is -0.190. The fourth-order valence-corrected chi connectivity index (χ4v) is 4.60. The third-order valence-corrected chi connectivity index (χ3v) is 6.66. The Balaban J connectivity index is 1.73. The summed E-state index contributed by atoms with van der Waals surface area (Å²) < 4.78 is 28.0. The molecule has 3 rings (SSSR count). The molecular formula is C22H28N2O3S. The van der Waals surface area contributed by atoms with Gasteiger partial charge in [0, 0.05) is 18.2 Å². The zero-order valence-electron chi connectivity index (χ0n) is 16.3. The van der Waals surface area contributed by atoms with Gasteiger partial charge in [-0.05, 0) is 43.0 Å². The Kier molecular flexibility index (Phi) is 6.86. The Morgan fingerprint density at radius 1 is 1.00 bits per heavy atom. The molecule has 150 valence electrons. The van der Waals surface area contributed by atoms with Gasteiger partial charge in [0.05, 0.1) is 4.90 Å². The second-order valence-corrected chi connectivity index (χ2v) is 9.22. The molecule has 0 saturated heterocycles. The van der Waals surface area contributed by atoms with Gasteiger partial charge in [-0.15, -0.1) is 0 Å². The van der Waals surface area contributed by atoms with Crippen molar-refractivity contribution in [3.8, 4) is 0 Å². The van der Waals surface area contributed by atoms with Crippen LogP contribution in [0.4, 0.5) is 0 Å². The molecule has 5 nitrogen and oxygen atoms in total. The summed E-state index contributed by atoms with van der Waals surface area (Å²) in [6, 6.07) is 14.2. The Labute approximate surface area is 167 Å². The number of hydrogen-bond donors (Lipinski definition) is 2. The topological polar surface area (TPSA) is 75.3 Å². The predicted molar refractivity (Wildman–Crippen MR) is 111 cm³/mol. The molecule has 0 aliphatic heterocycles. The molecule has 0 radical (unpaired) electrons. The lowest BCUT2D eigenvalue weighted by molar-refractivity contribution is 0.0932. The molecule has 0 spiro atoms. The first kappa shape index (κ1) is 20.6. The second kappa shape index (κ2) is 9.34. The van der Waals surface area contributed by atoms with E-state index in [1.165, 1.54) is 18.9 Å². The van der Waals surface area contributed by atoms with E-state index in [0.717, 1.165) is 36.8 Å². The van der Waals surface area contributed by atoms with Crippen LogP contribution in [0, 0.1) is 6.92 Å². The number of carbonyl (C=O) groups is 1. The van der Waals surface area contributed by atoms with Gasteiger partial charge < -0.3 is 5.32 Å². The highest BCUT2D eigenvalue weighted by atomic mass is 32.2. The quantitative estimate of drug-likeness (QED) is 0.722. The normalized spacial score (nSPS) is 15.8. The third-order valence-electron chi connectivity index (χ3n) is 5.26. The van der Waals surface area contributed by atoms with Crippen LogP contribution in [0.25, 0.3) is 0 Å². The van der Waals surface area contributed by atoms with Crippen molar-refractivity contribution in [2.24, 2.45) is 0 Å². The summed E-state index contributed by atoms with van der Waals surface area (Å²) in [4.78, 5) is 12.9. The van der Waals surface area contributed by atoms with Gasteiger partial charge in [0.1, 0.15) is 0 Å². The lowest BCUT2D eigenvalue weighted by atomic mass is 10.1. The molecule has 1 aliphatic carbocycles. The SMILES string of the molecule is Cc1ccc(S(=O)(=O)NCc2ccccc2)cc1C(=O)NC1CCCCCC1. The number of benzene rings is 2. The van der Waals surface area contributed by atoms with Gasteiger partial charge in [0.2, 0.25) is 10.0 Å². The number of rotatable bonds is 6. The summed E-state index contributed by atoms with van der Waals surface area (Å²) in [6.07, 6.45) is 6.66. The Hall–Kier alpha value is -2.18. The first-order valence-corrected chi connectivity index (χ1v) is 11.4. The van der Waals surface area contributed by atoms with Gasteiger partial charge in [-0.2, -0.15) is 0 Å². The van der Waals surface area contributed by atoms with Crippen LogP contribution in [-0.2, 0) is 16.6 Å². The smallest absolute Gasteiger partial charge is 0.251 e. The fraction of sp³-hybridized carbons (Fsp3) is 0.409.